The van der Waals surface area contributed by atoms with Gasteiger partial charge in [-0.15, -0.1) is 0 Å². The molecule has 0 bridgehead atoms. The summed E-state index contributed by atoms with van der Waals surface area (Å²) in [5, 5.41) is 7.42. The molecule has 0 unspecified atom stereocenters. The zero-order valence-corrected chi connectivity index (χ0v) is 12.0. The van der Waals surface area contributed by atoms with E-state index in [1.54, 1.807) is 0 Å². The van der Waals surface area contributed by atoms with Crippen molar-refractivity contribution in [2.24, 2.45) is 0 Å². The van der Waals surface area contributed by atoms with E-state index in [1.165, 1.54) is 0 Å². The number of halogens is 2. The van der Waals surface area contributed by atoms with Crippen LogP contribution in [0.5, 0.6) is 0 Å². The summed E-state index contributed by atoms with van der Waals surface area (Å²) in [6, 6.07) is 0. The van der Waals surface area contributed by atoms with E-state index >= 15 is 0 Å². The topological polar surface area (TPSA) is 321 Å². The van der Waals surface area contributed by atoms with E-state index in [1.807, 2.05) is 0 Å². The number of rotatable bonds is 0. The summed E-state index contributed by atoms with van der Waals surface area (Å²) >= 11 is 0. The Hall–Kier alpha value is 0.950. The number of hydrogen-bond donors (Lipinski definition) is 1. The van der Waals surface area contributed by atoms with Crippen molar-refractivity contribution in [1.82, 2.24) is 0 Å². The molecule has 0 aliphatic heterocycles. The van der Waals surface area contributed by atoms with E-state index in [0.29, 0.717) is 0 Å². The Morgan fingerprint density at radius 1 is 0.688 bits per heavy atom. The normalized spacial score (nSPS) is 1.56. The molecule has 0 saturated carbocycles. The van der Waals surface area contributed by atoms with Gasteiger partial charge in [-0.3, -0.25) is 4.79 Å². The average molecular weight is 333 g/mol. The molecule has 112 valence electrons. The number of carbonyl (C=O) groups is 1. The minimum Gasteiger partial charge on any atom is -1.00 e. The van der Waals surface area contributed by atoms with Crippen LogP contribution < -0.4 is 24.8 Å². The van der Waals surface area contributed by atoms with Gasteiger partial charge in [0.25, 0.3) is 5.97 Å². The summed E-state index contributed by atoms with van der Waals surface area (Å²) in [6.07, 6.45) is 0. The zero-order chi connectivity index (χ0) is 3.58. The standard InChI is InChI=1S/C2H4O2.Ca.2ClH.9H2O/c1-2(3)4;;;;;;;;;;;;/h1H3,(H,3,4);;2*1H;9*1H2/q;+2;;;;;;;;;;;/p-2. The van der Waals surface area contributed by atoms with Gasteiger partial charge in [-0.2, -0.15) is 0 Å². The molecular formula is C2H22CaCl2O11. The Kier molecular flexibility index (Phi) is 3950. The molecular weight excluding hydrogens is 311 g/mol. The monoisotopic (exact) mass is 332 g/mol. The van der Waals surface area contributed by atoms with Crippen molar-refractivity contribution in [2.75, 3.05) is 0 Å². The molecule has 16 heavy (non-hydrogen) atoms. The second-order valence-electron chi connectivity index (χ2n) is 0.519. The predicted octanol–water partition coefficient (Wildman–Crippen LogP) is -13.7. The van der Waals surface area contributed by atoms with Gasteiger partial charge < -0.3 is 79.2 Å². The molecule has 14 heteroatoms. The Morgan fingerprint density at radius 3 is 0.688 bits per heavy atom. The molecule has 0 radical (unpaired) electrons. The Bertz CT molecular complexity index is 45.0. The minimum absolute atomic E-state index is 0. The molecule has 0 atom stereocenters. The first-order valence-corrected chi connectivity index (χ1v) is 0.928. The van der Waals surface area contributed by atoms with Gasteiger partial charge in [0.2, 0.25) is 0 Å². The maximum absolute atomic E-state index is 9.00. The maximum atomic E-state index is 9.00. The van der Waals surface area contributed by atoms with E-state index in [9.17, 15) is 0 Å². The van der Waals surface area contributed by atoms with Crippen molar-refractivity contribution < 1.29 is 84.0 Å². The largest absolute Gasteiger partial charge is 2.00 e. The third-order valence-corrected chi connectivity index (χ3v) is 0. The fraction of sp³-hybridized carbons (Fsp3) is 0.500. The van der Waals surface area contributed by atoms with Gasteiger partial charge in [-0.1, -0.05) is 0 Å². The molecule has 0 spiro atoms. The summed E-state index contributed by atoms with van der Waals surface area (Å²) in [5.41, 5.74) is 0. The number of hydrogen-bond acceptors (Lipinski definition) is 1. The summed E-state index contributed by atoms with van der Waals surface area (Å²) in [6.45, 7) is 1.08. The maximum Gasteiger partial charge on any atom is 2.00 e. The third-order valence-electron chi connectivity index (χ3n) is 0. The van der Waals surface area contributed by atoms with Crippen LogP contribution in [0.4, 0.5) is 0 Å². The van der Waals surface area contributed by atoms with Crippen LogP contribution in [0.3, 0.4) is 0 Å². The molecule has 0 aromatic carbocycles. The second kappa shape index (κ2) is 228. The quantitative estimate of drug-likeness (QED) is 0.421. The van der Waals surface area contributed by atoms with Crippen molar-refractivity contribution in [1.29, 1.82) is 0 Å². The molecule has 0 aliphatic rings. The van der Waals surface area contributed by atoms with Crippen molar-refractivity contribution >= 4 is 43.7 Å². The Morgan fingerprint density at radius 2 is 0.688 bits per heavy atom. The van der Waals surface area contributed by atoms with Crippen molar-refractivity contribution in [3.05, 3.63) is 0 Å². The van der Waals surface area contributed by atoms with E-state index in [-0.39, 0.29) is 112 Å². The van der Waals surface area contributed by atoms with Crippen LogP contribution in [-0.2, 0) is 4.79 Å². The molecule has 19 N–H and O–H groups in total. The summed E-state index contributed by atoms with van der Waals surface area (Å²) in [4.78, 5) is 9.00. The van der Waals surface area contributed by atoms with E-state index in [4.69, 9.17) is 9.90 Å². The first kappa shape index (κ1) is 276. The summed E-state index contributed by atoms with van der Waals surface area (Å²) in [5.74, 6) is -0.833. The molecule has 0 rings (SSSR count). The average Bonchev–Trinajstić information content (AvgIpc) is 0.811. The number of carboxylic acid groups (broad SMARTS) is 1. The van der Waals surface area contributed by atoms with E-state index in [0.717, 1.165) is 6.92 Å². The SMILES string of the molecule is CC(=O)O.O.O.O.O.O.O.O.O.O.[Ca+2].[Cl-].[Cl-]. The van der Waals surface area contributed by atoms with Gasteiger partial charge >= 0.3 is 37.7 Å². The Balaban J connectivity index is -0.000000000682. The first-order valence-electron chi connectivity index (χ1n) is 0.928. The van der Waals surface area contributed by atoms with Gasteiger partial charge in [-0.05, 0) is 0 Å². The number of aliphatic carboxylic acids is 1. The van der Waals surface area contributed by atoms with Crippen molar-refractivity contribution in [2.45, 2.75) is 6.92 Å². The third kappa shape index (κ3) is 3230. The van der Waals surface area contributed by atoms with Crippen molar-refractivity contribution in [3.8, 4) is 0 Å². The van der Waals surface area contributed by atoms with Crippen LogP contribution in [0.25, 0.3) is 0 Å². The molecule has 0 amide bonds. The van der Waals surface area contributed by atoms with Gasteiger partial charge in [0.15, 0.2) is 0 Å². The van der Waals surface area contributed by atoms with E-state index < -0.39 is 5.97 Å². The fourth-order valence-corrected chi connectivity index (χ4v) is 0. The first-order chi connectivity index (χ1) is 1.73. The summed E-state index contributed by atoms with van der Waals surface area (Å²) in [7, 11) is 0. The van der Waals surface area contributed by atoms with Crippen molar-refractivity contribution in [3.63, 3.8) is 0 Å². The van der Waals surface area contributed by atoms with Crippen LogP contribution in [-0.4, -0.2) is 98.1 Å². The fourth-order valence-electron chi connectivity index (χ4n) is 0. The Labute approximate surface area is 134 Å². The molecule has 0 heterocycles. The molecule has 11 nitrogen and oxygen atoms in total. The molecule has 0 aromatic rings. The molecule has 0 fully saturated rings. The molecule has 0 aliphatic carbocycles. The van der Waals surface area contributed by atoms with Gasteiger partial charge in [0.1, 0.15) is 0 Å². The number of carboxylic acids is 1. The zero-order valence-electron chi connectivity index (χ0n) is 8.32. The van der Waals surface area contributed by atoms with Crippen LogP contribution in [0.1, 0.15) is 6.92 Å². The minimum atomic E-state index is -0.833. The van der Waals surface area contributed by atoms with Crippen LogP contribution in [0, 0.1) is 0 Å². The smallest absolute Gasteiger partial charge is 1.00 e. The predicted molar refractivity (Wildman–Crippen MR) is 51.6 cm³/mol. The van der Waals surface area contributed by atoms with Gasteiger partial charge in [-0.25, -0.2) is 0 Å². The molecule has 0 aromatic heterocycles. The van der Waals surface area contributed by atoms with Crippen LogP contribution in [0.2, 0.25) is 0 Å². The second-order valence-corrected chi connectivity index (χ2v) is 0.519. The summed E-state index contributed by atoms with van der Waals surface area (Å²) < 4.78 is 0. The van der Waals surface area contributed by atoms with E-state index in [2.05, 4.69) is 0 Å². The van der Waals surface area contributed by atoms with Crippen LogP contribution in [0.15, 0.2) is 0 Å². The molecule has 0 saturated heterocycles. The van der Waals surface area contributed by atoms with Gasteiger partial charge in [0.05, 0.1) is 0 Å². The van der Waals surface area contributed by atoms with Gasteiger partial charge in [0, 0.05) is 6.92 Å². The van der Waals surface area contributed by atoms with Crippen LogP contribution >= 0.6 is 0 Å².